The molecule has 6 nitrogen and oxygen atoms in total. The highest BCUT2D eigenvalue weighted by molar-refractivity contribution is 9.10. The number of pyridine rings is 1. The zero-order valence-corrected chi connectivity index (χ0v) is 16.1. The number of halogens is 1. The maximum Gasteiger partial charge on any atom is 0.256 e. The maximum atomic E-state index is 12.5. The first-order chi connectivity index (χ1) is 12.4. The molecule has 3 aromatic rings. The number of hydrogen-bond acceptors (Lipinski definition) is 4. The normalized spacial score (nSPS) is 13.6. The highest BCUT2D eigenvalue weighted by Gasteiger charge is 2.22. The van der Waals surface area contributed by atoms with Crippen molar-refractivity contribution in [2.24, 2.45) is 0 Å². The van der Waals surface area contributed by atoms with Crippen LogP contribution < -0.4 is 5.32 Å². The molecular formula is C19H20BrN3O3. The molecule has 136 valence electrons. The van der Waals surface area contributed by atoms with E-state index in [2.05, 4.69) is 30.8 Å². The fraction of sp³-hybridized carbons (Fsp3) is 0.263. The number of aliphatic hydroxyl groups is 2. The highest BCUT2D eigenvalue weighted by atomic mass is 79.9. The molecule has 0 aliphatic carbocycles. The Morgan fingerprint density at radius 3 is 2.65 bits per heavy atom. The van der Waals surface area contributed by atoms with E-state index < -0.39 is 12.2 Å². The molecule has 7 heteroatoms. The Bertz CT molecular complexity index is 949. The average Bonchev–Trinajstić information content (AvgIpc) is 2.97. The summed E-state index contributed by atoms with van der Waals surface area (Å²) in [5.74, 6) is 0.176. The molecular weight excluding hydrogens is 398 g/mol. The van der Waals surface area contributed by atoms with Crippen molar-refractivity contribution in [2.75, 3.05) is 11.9 Å². The number of aryl methyl sites for hydroxylation is 1. The summed E-state index contributed by atoms with van der Waals surface area (Å²) in [6.07, 6.45) is 3.71. The van der Waals surface area contributed by atoms with Gasteiger partial charge in [-0.25, -0.2) is 4.98 Å². The summed E-state index contributed by atoms with van der Waals surface area (Å²) in [6.45, 7) is 3.98. The SMILES string of the molecule is CCn1cc(Br)c2cnc(NC(=O)c3ccc(C(C)(O)CO)cc3)cc21. The van der Waals surface area contributed by atoms with Crippen molar-refractivity contribution in [3.63, 3.8) is 0 Å². The fourth-order valence-corrected chi connectivity index (χ4v) is 3.29. The number of hydrogen-bond donors (Lipinski definition) is 3. The van der Waals surface area contributed by atoms with Gasteiger partial charge in [0, 0.05) is 40.4 Å². The Kier molecular flexibility index (Phi) is 5.13. The van der Waals surface area contributed by atoms with E-state index in [4.69, 9.17) is 0 Å². The van der Waals surface area contributed by atoms with E-state index >= 15 is 0 Å². The summed E-state index contributed by atoms with van der Waals surface area (Å²) in [5, 5.41) is 23.0. The van der Waals surface area contributed by atoms with Gasteiger partial charge in [0.25, 0.3) is 5.91 Å². The van der Waals surface area contributed by atoms with Crippen LogP contribution >= 0.6 is 15.9 Å². The molecule has 3 N–H and O–H groups in total. The standard InChI is InChI=1S/C19H20BrN3O3/c1-3-23-10-15(20)14-9-21-17(8-16(14)23)22-18(25)12-4-6-13(7-5-12)19(2,26)11-24/h4-10,24,26H,3,11H2,1-2H3,(H,21,22,25). The van der Waals surface area contributed by atoms with Crippen LogP contribution in [0.1, 0.15) is 29.8 Å². The van der Waals surface area contributed by atoms with Crippen molar-refractivity contribution < 1.29 is 15.0 Å². The topological polar surface area (TPSA) is 87.4 Å². The largest absolute Gasteiger partial charge is 0.393 e. The van der Waals surface area contributed by atoms with Crippen LogP contribution in [0.3, 0.4) is 0 Å². The summed E-state index contributed by atoms with van der Waals surface area (Å²) >= 11 is 3.51. The van der Waals surface area contributed by atoms with Gasteiger partial charge in [-0.05, 0) is 47.5 Å². The smallest absolute Gasteiger partial charge is 0.256 e. The average molecular weight is 418 g/mol. The first-order valence-electron chi connectivity index (χ1n) is 8.25. The van der Waals surface area contributed by atoms with Gasteiger partial charge >= 0.3 is 0 Å². The second-order valence-electron chi connectivity index (χ2n) is 6.31. The number of aromatic nitrogens is 2. The summed E-state index contributed by atoms with van der Waals surface area (Å²) in [5.41, 5.74) is 0.637. The Balaban J connectivity index is 1.82. The number of nitrogens with one attached hydrogen (secondary N) is 1. The molecule has 0 saturated carbocycles. The Hall–Kier alpha value is -2.22. The number of rotatable bonds is 5. The van der Waals surface area contributed by atoms with Crippen LogP contribution in [-0.2, 0) is 12.1 Å². The zero-order chi connectivity index (χ0) is 18.9. The number of nitrogens with zero attached hydrogens (tertiary/aromatic N) is 2. The van der Waals surface area contributed by atoms with Gasteiger partial charge in [0.05, 0.1) is 12.1 Å². The molecule has 0 aliphatic heterocycles. The lowest BCUT2D eigenvalue weighted by molar-refractivity contribution is -0.00229. The predicted octanol–water partition coefficient (Wildman–Crippen LogP) is 3.27. The van der Waals surface area contributed by atoms with E-state index in [9.17, 15) is 15.0 Å². The van der Waals surface area contributed by atoms with Crippen molar-refractivity contribution >= 4 is 38.6 Å². The highest BCUT2D eigenvalue weighted by Crippen LogP contribution is 2.27. The second kappa shape index (κ2) is 7.19. The van der Waals surface area contributed by atoms with Gasteiger partial charge in [-0.1, -0.05) is 12.1 Å². The minimum absolute atomic E-state index is 0.291. The number of amides is 1. The van der Waals surface area contributed by atoms with Crippen molar-refractivity contribution in [1.82, 2.24) is 9.55 Å². The fourth-order valence-electron chi connectivity index (χ4n) is 2.73. The molecule has 0 radical (unpaired) electrons. The molecule has 26 heavy (non-hydrogen) atoms. The third-order valence-corrected chi connectivity index (χ3v) is 5.01. The molecule has 0 spiro atoms. The minimum Gasteiger partial charge on any atom is -0.393 e. The zero-order valence-electron chi connectivity index (χ0n) is 14.5. The van der Waals surface area contributed by atoms with Crippen molar-refractivity contribution in [3.05, 3.63) is 58.3 Å². The van der Waals surface area contributed by atoms with Gasteiger partial charge in [-0.2, -0.15) is 0 Å². The summed E-state index contributed by atoms with van der Waals surface area (Å²) in [6, 6.07) is 8.31. The van der Waals surface area contributed by atoms with Crippen molar-refractivity contribution in [1.29, 1.82) is 0 Å². The lowest BCUT2D eigenvalue weighted by Crippen LogP contribution is -2.25. The number of benzene rings is 1. The molecule has 3 rings (SSSR count). The van der Waals surface area contributed by atoms with Crippen LogP contribution in [0, 0.1) is 0 Å². The second-order valence-corrected chi connectivity index (χ2v) is 7.17. The molecule has 0 fully saturated rings. The Labute approximate surface area is 159 Å². The van der Waals surface area contributed by atoms with Gasteiger partial charge in [0.15, 0.2) is 0 Å². The Morgan fingerprint density at radius 1 is 1.35 bits per heavy atom. The van der Waals surface area contributed by atoms with Crippen LogP contribution in [-0.4, -0.2) is 32.3 Å². The quantitative estimate of drug-likeness (QED) is 0.594. The predicted molar refractivity (Wildman–Crippen MR) is 104 cm³/mol. The number of aliphatic hydroxyl groups excluding tert-OH is 1. The van der Waals surface area contributed by atoms with E-state index in [-0.39, 0.29) is 5.91 Å². The number of fused-ring (bicyclic) bond motifs is 1. The summed E-state index contributed by atoms with van der Waals surface area (Å²) < 4.78 is 3.04. The molecule has 1 aromatic carbocycles. The molecule has 1 amide bonds. The third kappa shape index (κ3) is 3.51. The first-order valence-corrected chi connectivity index (χ1v) is 9.04. The number of carbonyl (C=O) groups is 1. The third-order valence-electron chi connectivity index (χ3n) is 4.38. The van der Waals surface area contributed by atoms with Crippen LogP contribution in [0.15, 0.2) is 47.2 Å². The summed E-state index contributed by atoms with van der Waals surface area (Å²) in [4.78, 5) is 16.8. The minimum atomic E-state index is -1.33. The van der Waals surface area contributed by atoms with Crippen molar-refractivity contribution in [2.45, 2.75) is 26.0 Å². The van der Waals surface area contributed by atoms with Gasteiger partial charge < -0.3 is 20.1 Å². The lowest BCUT2D eigenvalue weighted by Gasteiger charge is -2.20. The van der Waals surface area contributed by atoms with E-state index in [0.717, 1.165) is 21.9 Å². The van der Waals surface area contributed by atoms with Gasteiger partial charge in [-0.15, -0.1) is 0 Å². The van der Waals surface area contributed by atoms with Gasteiger partial charge in [0.1, 0.15) is 11.4 Å². The van der Waals surface area contributed by atoms with Crippen LogP contribution in [0.25, 0.3) is 10.9 Å². The van der Waals surface area contributed by atoms with Crippen LogP contribution in [0.2, 0.25) is 0 Å². The number of carbonyl (C=O) groups excluding carboxylic acids is 1. The maximum absolute atomic E-state index is 12.5. The summed E-state index contributed by atoms with van der Waals surface area (Å²) in [7, 11) is 0. The van der Waals surface area contributed by atoms with E-state index in [1.165, 1.54) is 6.92 Å². The van der Waals surface area contributed by atoms with Crippen LogP contribution in [0.5, 0.6) is 0 Å². The monoisotopic (exact) mass is 417 g/mol. The molecule has 1 atom stereocenters. The lowest BCUT2D eigenvalue weighted by atomic mass is 9.96. The van der Waals surface area contributed by atoms with E-state index in [1.807, 2.05) is 19.2 Å². The first kappa shape index (κ1) is 18.6. The van der Waals surface area contributed by atoms with Gasteiger partial charge in [-0.3, -0.25) is 4.79 Å². The molecule has 0 aliphatic rings. The van der Waals surface area contributed by atoms with Crippen LogP contribution in [0.4, 0.5) is 5.82 Å². The molecule has 0 bridgehead atoms. The van der Waals surface area contributed by atoms with E-state index in [1.54, 1.807) is 30.5 Å². The number of anilines is 1. The molecule has 0 saturated heterocycles. The molecule has 2 aromatic heterocycles. The van der Waals surface area contributed by atoms with Crippen molar-refractivity contribution in [3.8, 4) is 0 Å². The van der Waals surface area contributed by atoms with Gasteiger partial charge in [0.2, 0.25) is 0 Å². The molecule has 2 heterocycles. The Morgan fingerprint density at radius 2 is 2.04 bits per heavy atom. The molecule has 1 unspecified atom stereocenters. The van der Waals surface area contributed by atoms with E-state index in [0.29, 0.717) is 16.9 Å².